The number of aromatic nitrogens is 1. The van der Waals surface area contributed by atoms with Crippen molar-refractivity contribution in [2.24, 2.45) is 11.8 Å². The Labute approximate surface area is 147 Å². The number of likely N-dealkylation sites (tertiary alicyclic amines) is 1. The number of hydrogen-bond acceptors (Lipinski definition) is 4. The summed E-state index contributed by atoms with van der Waals surface area (Å²) in [6.07, 6.45) is 2.58. The number of nitrogens with zero attached hydrogens (tertiary/aromatic N) is 3. The molecule has 6 nitrogen and oxygen atoms in total. The molecule has 0 aliphatic carbocycles. The van der Waals surface area contributed by atoms with Crippen LogP contribution in [0.2, 0.25) is 0 Å². The average Bonchev–Trinajstić information content (AvgIpc) is 3.15. The minimum absolute atomic E-state index is 0.00272. The lowest BCUT2D eigenvalue weighted by molar-refractivity contribution is -0.133. The fraction of sp³-hybridized carbons (Fsp3) is 0.611. The van der Waals surface area contributed by atoms with E-state index in [2.05, 4.69) is 29.0 Å². The molecule has 2 atom stereocenters. The number of amides is 2. The number of anilines is 1. The van der Waals surface area contributed by atoms with Crippen molar-refractivity contribution in [2.75, 3.05) is 31.1 Å². The lowest BCUT2D eigenvalue weighted by Crippen LogP contribution is -2.46. The Hall–Kier alpha value is -2.18. The first-order valence-electron chi connectivity index (χ1n) is 8.87. The van der Waals surface area contributed by atoms with E-state index in [0.717, 1.165) is 18.8 Å². The number of carbonyl (C=O) groups excluding carboxylic acids is 2. The molecule has 0 unspecified atom stereocenters. The van der Waals surface area contributed by atoms with Crippen LogP contribution in [0.4, 0.5) is 10.2 Å². The quantitative estimate of drug-likeness (QED) is 0.874. The largest absolute Gasteiger partial charge is 0.354 e. The lowest BCUT2D eigenvalue weighted by atomic mass is 9.91. The van der Waals surface area contributed by atoms with E-state index < -0.39 is 0 Å². The zero-order valence-corrected chi connectivity index (χ0v) is 14.7. The van der Waals surface area contributed by atoms with Crippen LogP contribution in [0.5, 0.6) is 0 Å². The van der Waals surface area contributed by atoms with E-state index in [4.69, 9.17) is 0 Å². The van der Waals surface area contributed by atoms with Crippen LogP contribution in [0.1, 0.15) is 26.7 Å². The second-order valence-electron chi connectivity index (χ2n) is 7.24. The molecule has 25 heavy (non-hydrogen) atoms. The molecule has 2 saturated heterocycles. The Bertz CT molecular complexity index is 634. The van der Waals surface area contributed by atoms with Crippen molar-refractivity contribution >= 4 is 17.6 Å². The van der Waals surface area contributed by atoms with Crippen molar-refractivity contribution < 1.29 is 14.0 Å². The fourth-order valence-electron chi connectivity index (χ4n) is 3.70. The summed E-state index contributed by atoms with van der Waals surface area (Å²) in [6.45, 7) is 6.47. The smallest absolute Gasteiger partial charge is 0.239 e. The maximum atomic E-state index is 13.1. The van der Waals surface area contributed by atoms with Crippen molar-refractivity contribution in [1.29, 1.82) is 0 Å². The molecule has 1 aromatic rings. The van der Waals surface area contributed by atoms with E-state index in [1.165, 1.54) is 12.3 Å². The van der Waals surface area contributed by atoms with Gasteiger partial charge in [0, 0.05) is 32.0 Å². The average molecular weight is 348 g/mol. The topological polar surface area (TPSA) is 65.5 Å². The highest BCUT2D eigenvalue weighted by Gasteiger charge is 2.36. The maximum absolute atomic E-state index is 13.1. The van der Waals surface area contributed by atoms with E-state index in [1.807, 2.05) is 0 Å². The van der Waals surface area contributed by atoms with E-state index in [1.54, 1.807) is 11.0 Å². The summed E-state index contributed by atoms with van der Waals surface area (Å²) in [5, 5.41) is 3.09. The van der Waals surface area contributed by atoms with Gasteiger partial charge in [-0.3, -0.25) is 9.59 Å². The molecule has 2 fully saturated rings. The van der Waals surface area contributed by atoms with E-state index >= 15 is 0 Å². The number of rotatable bonds is 5. The summed E-state index contributed by atoms with van der Waals surface area (Å²) < 4.78 is 13.1. The third kappa shape index (κ3) is 4.08. The molecule has 3 rings (SSSR count). The number of carbonyl (C=O) groups is 2. The van der Waals surface area contributed by atoms with Crippen LogP contribution in [-0.2, 0) is 9.59 Å². The summed E-state index contributed by atoms with van der Waals surface area (Å²) in [5.41, 5.74) is 0. The summed E-state index contributed by atoms with van der Waals surface area (Å²) in [7, 11) is 0. The number of nitrogens with one attached hydrogen (secondary N) is 1. The van der Waals surface area contributed by atoms with Crippen molar-refractivity contribution in [3.63, 3.8) is 0 Å². The summed E-state index contributed by atoms with van der Waals surface area (Å²) in [5.74, 6) is 0.982. The predicted octanol–water partition coefficient (Wildman–Crippen LogP) is 1.42. The Morgan fingerprint density at radius 3 is 2.80 bits per heavy atom. The molecule has 2 amide bonds. The molecule has 2 aliphatic heterocycles. The molecule has 0 spiro atoms. The van der Waals surface area contributed by atoms with Gasteiger partial charge in [-0.1, -0.05) is 13.8 Å². The molecule has 0 radical (unpaired) electrons. The maximum Gasteiger partial charge on any atom is 0.239 e. The molecule has 0 bridgehead atoms. The number of pyridine rings is 1. The van der Waals surface area contributed by atoms with Crippen LogP contribution in [0.25, 0.3) is 0 Å². The third-order valence-corrected chi connectivity index (χ3v) is 5.11. The first kappa shape index (κ1) is 17.6. The monoisotopic (exact) mass is 348 g/mol. The highest BCUT2D eigenvalue weighted by Crippen LogP contribution is 2.27. The Morgan fingerprint density at radius 1 is 1.40 bits per heavy atom. The predicted molar refractivity (Wildman–Crippen MR) is 92.5 cm³/mol. The number of hydrogen-bond donors (Lipinski definition) is 1. The first-order chi connectivity index (χ1) is 11.9. The first-order valence-corrected chi connectivity index (χ1v) is 8.87. The van der Waals surface area contributed by atoms with Crippen molar-refractivity contribution in [1.82, 2.24) is 15.2 Å². The van der Waals surface area contributed by atoms with Gasteiger partial charge in [0.2, 0.25) is 11.8 Å². The zero-order valence-electron chi connectivity index (χ0n) is 14.7. The third-order valence-electron chi connectivity index (χ3n) is 5.11. The highest BCUT2D eigenvalue weighted by atomic mass is 19.1. The van der Waals surface area contributed by atoms with Gasteiger partial charge in [0.15, 0.2) is 0 Å². The van der Waals surface area contributed by atoms with E-state index in [9.17, 15) is 14.0 Å². The Kier molecular flexibility index (Phi) is 5.20. The standard InChI is InChI=1S/C18H25FN4O2/c1-12(2)14-9-23(16-6-5-13(19)8-20-16)10-15(14)21-17(24)11-22-7-3-4-18(22)25/h5-6,8,12,14-15H,3-4,7,9-11H2,1-2H3,(H,21,24)/t14-,15+/m1/s1. The van der Waals surface area contributed by atoms with Crippen LogP contribution in [0, 0.1) is 17.7 Å². The zero-order chi connectivity index (χ0) is 18.0. The molecular weight excluding hydrogens is 323 g/mol. The van der Waals surface area contributed by atoms with Crippen LogP contribution < -0.4 is 10.2 Å². The lowest BCUT2D eigenvalue weighted by Gasteiger charge is -2.24. The summed E-state index contributed by atoms with van der Waals surface area (Å²) in [6, 6.07) is 3.06. The highest BCUT2D eigenvalue weighted by molar-refractivity contribution is 5.86. The van der Waals surface area contributed by atoms with Gasteiger partial charge < -0.3 is 15.1 Å². The van der Waals surface area contributed by atoms with Gasteiger partial charge in [-0.15, -0.1) is 0 Å². The molecule has 0 saturated carbocycles. The molecule has 1 aromatic heterocycles. The second kappa shape index (κ2) is 7.37. The van der Waals surface area contributed by atoms with Crippen molar-refractivity contribution in [3.05, 3.63) is 24.1 Å². The Balaban J connectivity index is 1.63. The summed E-state index contributed by atoms with van der Waals surface area (Å²) in [4.78, 5) is 31.9. The van der Waals surface area contributed by atoms with Crippen LogP contribution in [0.15, 0.2) is 18.3 Å². The van der Waals surface area contributed by atoms with Crippen LogP contribution in [0.3, 0.4) is 0 Å². The molecule has 2 aliphatic rings. The minimum atomic E-state index is -0.358. The fourth-order valence-corrected chi connectivity index (χ4v) is 3.70. The molecule has 1 N–H and O–H groups in total. The number of halogens is 1. The van der Waals surface area contributed by atoms with Gasteiger partial charge in [-0.25, -0.2) is 9.37 Å². The summed E-state index contributed by atoms with van der Waals surface area (Å²) >= 11 is 0. The molecule has 0 aromatic carbocycles. The van der Waals surface area contributed by atoms with Gasteiger partial charge in [0.25, 0.3) is 0 Å². The Morgan fingerprint density at radius 2 is 2.20 bits per heavy atom. The van der Waals surface area contributed by atoms with Crippen molar-refractivity contribution in [3.8, 4) is 0 Å². The van der Waals surface area contributed by atoms with E-state index in [-0.39, 0.29) is 36.1 Å². The van der Waals surface area contributed by atoms with Crippen LogP contribution in [-0.4, -0.2) is 53.9 Å². The second-order valence-corrected chi connectivity index (χ2v) is 7.24. The SMILES string of the molecule is CC(C)[C@H]1CN(c2ccc(F)cn2)C[C@@H]1NC(=O)CN1CCCC1=O. The van der Waals surface area contributed by atoms with Crippen molar-refractivity contribution in [2.45, 2.75) is 32.7 Å². The van der Waals surface area contributed by atoms with Gasteiger partial charge in [0.1, 0.15) is 11.6 Å². The van der Waals surface area contributed by atoms with Gasteiger partial charge >= 0.3 is 0 Å². The molecule has 136 valence electrons. The molecule has 3 heterocycles. The minimum Gasteiger partial charge on any atom is -0.354 e. The van der Waals surface area contributed by atoms with Gasteiger partial charge in [0.05, 0.1) is 18.8 Å². The normalized spacial score (nSPS) is 23.6. The van der Waals surface area contributed by atoms with Crippen LogP contribution >= 0.6 is 0 Å². The van der Waals surface area contributed by atoms with Gasteiger partial charge in [-0.2, -0.15) is 0 Å². The van der Waals surface area contributed by atoms with Gasteiger partial charge in [-0.05, 0) is 24.5 Å². The van der Waals surface area contributed by atoms with E-state index in [0.29, 0.717) is 25.4 Å². The molecule has 7 heteroatoms. The molecular formula is C18H25FN4O2.